The van der Waals surface area contributed by atoms with E-state index >= 15 is 0 Å². The number of benzene rings is 1. The van der Waals surface area contributed by atoms with Crippen molar-refractivity contribution in [1.82, 2.24) is 5.32 Å². The molecule has 0 saturated heterocycles. The van der Waals surface area contributed by atoms with Gasteiger partial charge in [0.15, 0.2) is 0 Å². The molecule has 0 aliphatic carbocycles. The van der Waals surface area contributed by atoms with Crippen molar-refractivity contribution in [2.45, 2.75) is 32.7 Å². The van der Waals surface area contributed by atoms with Crippen molar-refractivity contribution in [3.8, 4) is 0 Å². The Hall–Kier alpha value is -2.08. The Morgan fingerprint density at radius 3 is 2.67 bits per heavy atom. The van der Waals surface area contributed by atoms with Gasteiger partial charge in [-0.15, -0.1) is 0 Å². The lowest BCUT2D eigenvalue weighted by Crippen LogP contribution is -2.43. The number of rotatable bonds is 7. The van der Waals surface area contributed by atoms with Gasteiger partial charge in [0.1, 0.15) is 6.04 Å². The lowest BCUT2D eigenvalue weighted by Gasteiger charge is -2.16. The van der Waals surface area contributed by atoms with Gasteiger partial charge in [0.25, 0.3) is 0 Å². The zero-order valence-electron chi connectivity index (χ0n) is 12.6. The molecule has 0 spiro atoms. The minimum atomic E-state index is -1.05. The maximum atomic E-state index is 11.9. The fourth-order valence-corrected chi connectivity index (χ4v) is 1.89. The maximum Gasteiger partial charge on any atom is 0.326 e. The predicted octanol–water partition coefficient (Wildman–Crippen LogP) is 2.30. The molecule has 0 aliphatic rings. The van der Waals surface area contributed by atoms with Gasteiger partial charge in [0.05, 0.1) is 0 Å². The number of urea groups is 1. The topological polar surface area (TPSA) is 87.7 Å². The van der Waals surface area contributed by atoms with Crippen molar-refractivity contribution >= 4 is 17.7 Å². The number of carbonyl (C=O) groups is 2. The number of anilines is 1. The minimum Gasteiger partial charge on any atom is -0.480 e. The largest absolute Gasteiger partial charge is 0.480 e. The van der Waals surface area contributed by atoms with Gasteiger partial charge in [-0.2, -0.15) is 0 Å². The van der Waals surface area contributed by atoms with Crippen LogP contribution >= 0.6 is 0 Å². The molecular weight excluding hydrogens is 272 g/mol. The summed E-state index contributed by atoms with van der Waals surface area (Å²) in [5.41, 5.74) is 2.69. The number of hydrogen-bond acceptors (Lipinski definition) is 3. The van der Waals surface area contributed by atoms with E-state index in [1.165, 1.54) is 0 Å². The highest BCUT2D eigenvalue weighted by Crippen LogP contribution is 2.17. The fourth-order valence-electron chi connectivity index (χ4n) is 1.89. The highest BCUT2D eigenvalue weighted by molar-refractivity contribution is 5.93. The van der Waals surface area contributed by atoms with Crippen LogP contribution in [0.15, 0.2) is 18.2 Å². The molecule has 0 aliphatic heterocycles. The second-order valence-electron chi connectivity index (χ2n) is 4.87. The van der Waals surface area contributed by atoms with Gasteiger partial charge in [0.2, 0.25) is 0 Å². The van der Waals surface area contributed by atoms with E-state index in [1.54, 1.807) is 13.2 Å². The van der Waals surface area contributed by atoms with E-state index in [4.69, 9.17) is 9.84 Å². The number of ether oxygens (including phenoxy) is 1. The molecule has 0 radical (unpaired) electrons. The summed E-state index contributed by atoms with van der Waals surface area (Å²) >= 11 is 0. The number of aliphatic carboxylic acids is 1. The van der Waals surface area contributed by atoms with E-state index in [0.29, 0.717) is 25.1 Å². The average molecular weight is 294 g/mol. The van der Waals surface area contributed by atoms with Crippen molar-refractivity contribution < 1.29 is 19.4 Å². The summed E-state index contributed by atoms with van der Waals surface area (Å²) in [7, 11) is 1.55. The normalized spacial score (nSPS) is 11.8. The van der Waals surface area contributed by atoms with Crippen molar-refractivity contribution in [3.63, 3.8) is 0 Å². The molecule has 2 amide bonds. The third kappa shape index (κ3) is 5.43. The van der Waals surface area contributed by atoms with Crippen LogP contribution in [-0.2, 0) is 9.53 Å². The van der Waals surface area contributed by atoms with Crippen LogP contribution in [0.5, 0.6) is 0 Å². The predicted molar refractivity (Wildman–Crippen MR) is 80.6 cm³/mol. The van der Waals surface area contributed by atoms with E-state index in [1.807, 2.05) is 26.0 Å². The fraction of sp³-hybridized carbons (Fsp3) is 0.467. The molecule has 1 unspecified atom stereocenters. The SMILES string of the molecule is COCCCC(NC(=O)Nc1cccc(C)c1C)C(=O)O. The molecule has 0 aromatic heterocycles. The highest BCUT2D eigenvalue weighted by Gasteiger charge is 2.19. The monoisotopic (exact) mass is 294 g/mol. The number of aryl methyl sites for hydroxylation is 1. The molecule has 1 aromatic rings. The molecule has 116 valence electrons. The van der Waals surface area contributed by atoms with E-state index < -0.39 is 18.0 Å². The Kier molecular flexibility index (Phi) is 6.68. The van der Waals surface area contributed by atoms with Crippen molar-refractivity contribution in [2.24, 2.45) is 0 Å². The van der Waals surface area contributed by atoms with E-state index in [2.05, 4.69) is 10.6 Å². The summed E-state index contributed by atoms with van der Waals surface area (Å²) in [6.07, 6.45) is 0.889. The second kappa shape index (κ2) is 8.26. The number of amides is 2. The molecule has 6 nitrogen and oxygen atoms in total. The van der Waals surface area contributed by atoms with Crippen LogP contribution in [0.3, 0.4) is 0 Å². The summed E-state index contributed by atoms with van der Waals surface area (Å²) in [5, 5.41) is 14.3. The van der Waals surface area contributed by atoms with E-state index in [9.17, 15) is 9.59 Å². The van der Waals surface area contributed by atoms with Gasteiger partial charge in [-0.3, -0.25) is 0 Å². The lowest BCUT2D eigenvalue weighted by molar-refractivity contribution is -0.139. The molecule has 1 rings (SSSR count). The molecule has 0 bridgehead atoms. The first-order valence-corrected chi connectivity index (χ1v) is 6.81. The van der Waals surface area contributed by atoms with Gasteiger partial charge in [-0.1, -0.05) is 12.1 Å². The van der Waals surface area contributed by atoms with Crippen LogP contribution in [0.1, 0.15) is 24.0 Å². The van der Waals surface area contributed by atoms with Crippen LogP contribution in [-0.4, -0.2) is 36.9 Å². The van der Waals surface area contributed by atoms with Crippen LogP contribution in [0.25, 0.3) is 0 Å². The first-order chi connectivity index (χ1) is 9.95. The third-order valence-electron chi connectivity index (χ3n) is 3.30. The Morgan fingerprint density at radius 1 is 1.33 bits per heavy atom. The summed E-state index contributed by atoms with van der Waals surface area (Å²) in [6, 6.07) is 4.12. The van der Waals surface area contributed by atoms with Crippen molar-refractivity contribution in [1.29, 1.82) is 0 Å². The third-order valence-corrected chi connectivity index (χ3v) is 3.30. The average Bonchev–Trinajstić information content (AvgIpc) is 2.43. The summed E-state index contributed by atoms with van der Waals surface area (Å²) in [4.78, 5) is 23.0. The van der Waals surface area contributed by atoms with Gasteiger partial charge in [-0.05, 0) is 43.9 Å². The Bertz CT molecular complexity index is 502. The number of nitrogens with one attached hydrogen (secondary N) is 2. The molecule has 0 fully saturated rings. The van der Waals surface area contributed by atoms with Gasteiger partial charge >= 0.3 is 12.0 Å². The molecular formula is C15H22N2O4. The molecule has 6 heteroatoms. The Balaban J connectivity index is 2.61. The number of carboxylic acid groups (broad SMARTS) is 1. The molecule has 1 aromatic carbocycles. The number of hydrogen-bond donors (Lipinski definition) is 3. The molecule has 21 heavy (non-hydrogen) atoms. The van der Waals surface area contributed by atoms with Crippen molar-refractivity contribution in [3.05, 3.63) is 29.3 Å². The van der Waals surface area contributed by atoms with Gasteiger partial charge < -0.3 is 20.5 Å². The number of carbonyl (C=O) groups excluding carboxylic acids is 1. The van der Waals surface area contributed by atoms with Gasteiger partial charge in [0, 0.05) is 19.4 Å². The Labute approximate surface area is 124 Å². The van der Waals surface area contributed by atoms with Crippen LogP contribution in [0, 0.1) is 13.8 Å². The van der Waals surface area contributed by atoms with Gasteiger partial charge in [-0.25, -0.2) is 9.59 Å². The molecule has 0 heterocycles. The molecule has 3 N–H and O–H groups in total. The van der Waals surface area contributed by atoms with Crippen molar-refractivity contribution in [2.75, 3.05) is 19.0 Å². The van der Waals surface area contributed by atoms with Crippen LogP contribution < -0.4 is 10.6 Å². The highest BCUT2D eigenvalue weighted by atomic mass is 16.5. The molecule has 0 saturated carbocycles. The zero-order chi connectivity index (χ0) is 15.8. The summed E-state index contributed by atoms with van der Waals surface area (Å²) in [6.45, 7) is 4.31. The maximum absolute atomic E-state index is 11.9. The first-order valence-electron chi connectivity index (χ1n) is 6.81. The molecule has 1 atom stereocenters. The summed E-state index contributed by atoms with van der Waals surface area (Å²) in [5.74, 6) is -1.05. The zero-order valence-corrected chi connectivity index (χ0v) is 12.6. The quantitative estimate of drug-likeness (QED) is 0.673. The Morgan fingerprint density at radius 2 is 2.05 bits per heavy atom. The minimum absolute atomic E-state index is 0.323. The van der Waals surface area contributed by atoms with Crippen LogP contribution in [0.2, 0.25) is 0 Å². The lowest BCUT2D eigenvalue weighted by atomic mass is 10.1. The summed E-state index contributed by atoms with van der Waals surface area (Å²) < 4.78 is 4.88. The first kappa shape index (κ1) is 17.0. The van der Waals surface area contributed by atoms with E-state index in [-0.39, 0.29) is 0 Å². The second-order valence-corrected chi connectivity index (χ2v) is 4.87. The van der Waals surface area contributed by atoms with Crippen LogP contribution in [0.4, 0.5) is 10.5 Å². The number of methoxy groups -OCH3 is 1. The number of carboxylic acids is 1. The van der Waals surface area contributed by atoms with E-state index in [0.717, 1.165) is 11.1 Å². The standard InChI is InChI=1S/C15H22N2O4/c1-10-6-4-7-12(11(10)2)16-15(20)17-13(14(18)19)8-5-9-21-3/h4,6-7,13H,5,8-9H2,1-3H3,(H,18,19)(H2,16,17,20). The smallest absolute Gasteiger partial charge is 0.326 e.